The zero-order valence-corrected chi connectivity index (χ0v) is 19.6. The summed E-state index contributed by atoms with van der Waals surface area (Å²) in [5.74, 6) is 1.12. The van der Waals surface area contributed by atoms with E-state index < -0.39 is 5.97 Å². The molecule has 0 saturated carbocycles. The van der Waals surface area contributed by atoms with Gasteiger partial charge in [0.2, 0.25) is 5.95 Å². The van der Waals surface area contributed by atoms with Crippen molar-refractivity contribution in [3.05, 3.63) is 66.4 Å². The Morgan fingerprint density at radius 3 is 2.76 bits per heavy atom. The second kappa shape index (κ2) is 10.7. The molecule has 33 heavy (non-hydrogen) atoms. The topological polar surface area (TPSA) is 87.6 Å². The van der Waals surface area contributed by atoms with Crippen molar-refractivity contribution in [2.45, 2.75) is 36.2 Å². The molecule has 2 atom stereocenters. The number of aromatic carboxylic acids is 1. The van der Waals surface area contributed by atoms with Crippen molar-refractivity contribution in [1.29, 1.82) is 0 Å². The minimum atomic E-state index is -0.949. The molecule has 0 spiro atoms. The number of nitrogens with zero attached hydrogens (tertiary/aromatic N) is 3. The van der Waals surface area contributed by atoms with Gasteiger partial charge in [-0.25, -0.2) is 14.8 Å². The number of nitrogens with one attached hydrogen (secondary N) is 1. The summed E-state index contributed by atoms with van der Waals surface area (Å²) in [4.78, 5) is 23.3. The van der Waals surface area contributed by atoms with Crippen molar-refractivity contribution >= 4 is 29.4 Å². The van der Waals surface area contributed by atoms with Crippen LogP contribution in [-0.2, 0) is 0 Å². The third-order valence-corrected chi connectivity index (χ3v) is 6.53. The van der Waals surface area contributed by atoms with Crippen LogP contribution in [0, 0.1) is 5.92 Å². The number of hydrogen-bond donors (Lipinski definition) is 2. The Morgan fingerprint density at radius 1 is 1.21 bits per heavy atom. The van der Waals surface area contributed by atoms with E-state index in [-0.39, 0.29) is 5.56 Å². The van der Waals surface area contributed by atoms with E-state index in [9.17, 15) is 4.79 Å². The summed E-state index contributed by atoms with van der Waals surface area (Å²) < 4.78 is 5.92. The smallest absolute Gasteiger partial charge is 0.335 e. The maximum Gasteiger partial charge on any atom is 0.335 e. The highest BCUT2D eigenvalue weighted by molar-refractivity contribution is 7.99. The molecule has 0 aliphatic carbocycles. The highest BCUT2D eigenvalue weighted by Gasteiger charge is 2.25. The van der Waals surface area contributed by atoms with E-state index in [0.29, 0.717) is 18.6 Å². The lowest BCUT2D eigenvalue weighted by Crippen LogP contribution is -2.31. The van der Waals surface area contributed by atoms with Gasteiger partial charge in [-0.1, -0.05) is 24.8 Å². The van der Waals surface area contributed by atoms with Crippen molar-refractivity contribution in [2.75, 3.05) is 25.0 Å². The zero-order valence-electron chi connectivity index (χ0n) is 18.8. The molecule has 2 unspecified atom stereocenters. The van der Waals surface area contributed by atoms with Crippen LogP contribution in [0.5, 0.6) is 5.75 Å². The van der Waals surface area contributed by atoms with Gasteiger partial charge in [-0.05, 0) is 67.8 Å². The lowest BCUT2D eigenvalue weighted by atomic mass is 10.1. The Morgan fingerprint density at radius 2 is 2.03 bits per heavy atom. The van der Waals surface area contributed by atoms with Crippen LogP contribution in [0.2, 0.25) is 0 Å². The van der Waals surface area contributed by atoms with Gasteiger partial charge in [0.05, 0.1) is 5.56 Å². The fourth-order valence-corrected chi connectivity index (χ4v) is 4.85. The second-order valence-electron chi connectivity index (χ2n) is 8.34. The lowest BCUT2D eigenvalue weighted by Gasteiger charge is -2.20. The van der Waals surface area contributed by atoms with Gasteiger partial charge < -0.3 is 15.2 Å². The van der Waals surface area contributed by atoms with Gasteiger partial charge in [0.15, 0.2) is 0 Å². The number of aromatic nitrogens is 2. The summed E-state index contributed by atoms with van der Waals surface area (Å²) in [5.41, 5.74) is 1.11. The maximum absolute atomic E-state index is 11.2. The third-order valence-electron chi connectivity index (χ3n) is 5.60. The normalized spacial score (nSPS) is 18.2. The van der Waals surface area contributed by atoms with E-state index in [1.165, 1.54) is 18.2 Å². The Labute approximate surface area is 198 Å². The Bertz CT molecular complexity index is 1090. The van der Waals surface area contributed by atoms with Crippen molar-refractivity contribution in [3.8, 4) is 5.75 Å². The van der Waals surface area contributed by atoms with Crippen LogP contribution >= 0.6 is 11.8 Å². The van der Waals surface area contributed by atoms with E-state index in [1.54, 1.807) is 30.5 Å². The number of anilines is 2. The average molecular weight is 465 g/mol. The molecule has 172 valence electrons. The molecule has 7 nitrogen and oxygen atoms in total. The molecule has 1 fully saturated rings. The molecule has 0 bridgehead atoms. The molecule has 2 aromatic carbocycles. The summed E-state index contributed by atoms with van der Waals surface area (Å²) >= 11 is 1.39. The molecule has 1 aliphatic rings. The Kier molecular flexibility index (Phi) is 7.47. The van der Waals surface area contributed by atoms with E-state index >= 15 is 0 Å². The minimum Gasteiger partial charge on any atom is -0.492 e. The summed E-state index contributed by atoms with van der Waals surface area (Å²) in [7, 11) is 0. The van der Waals surface area contributed by atoms with Gasteiger partial charge in [0.25, 0.3) is 0 Å². The highest BCUT2D eigenvalue weighted by Crippen LogP contribution is 2.28. The molecule has 4 rings (SSSR count). The number of benzene rings is 2. The number of carbonyl (C=O) groups is 1. The summed E-state index contributed by atoms with van der Waals surface area (Å²) in [6.07, 6.45) is 2.94. The fraction of sp³-hybridized carbons (Fsp3) is 0.320. The summed E-state index contributed by atoms with van der Waals surface area (Å²) in [6.45, 7) is 7.36. The number of carboxylic acid groups (broad SMARTS) is 1. The maximum atomic E-state index is 11.2. The number of ether oxygens (including phenoxy) is 1. The van der Waals surface area contributed by atoms with Crippen LogP contribution in [0.15, 0.2) is 70.7 Å². The molecule has 1 aromatic heterocycles. The zero-order chi connectivity index (χ0) is 23.2. The largest absolute Gasteiger partial charge is 0.492 e. The summed E-state index contributed by atoms with van der Waals surface area (Å²) in [5, 5.41) is 13.1. The van der Waals surface area contributed by atoms with E-state index in [0.717, 1.165) is 40.4 Å². The molecule has 2 heterocycles. The van der Waals surface area contributed by atoms with Gasteiger partial charge in [0, 0.05) is 35.9 Å². The van der Waals surface area contributed by atoms with Crippen molar-refractivity contribution in [1.82, 2.24) is 14.9 Å². The first-order valence-corrected chi connectivity index (χ1v) is 11.9. The third kappa shape index (κ3) is 6.46. The first-order chi connectivity index (χ1) is 16.0. The Balaban J connectivity index is 1.31. The van der Waals surface area contributed by atoms with Crippen LogP contribution in [0.1, 0.15) is 30.6 Å². The number of hydrogen-bond acceptors (Lipinski definition) is 7. The average Bonchev–Trinajstić information content (AvgIpc) is 3.12. The minimum absolute atomic E-state index is 0.249. The molecule has 0 amide bonds. The quantitative estimate of drug-likeness (QED) is 0.419. The van der Waals surface area contributed by atoms with Gasteiger partial charge in [-0.2, -0.15) is 0 Å². The molecule has 2 N–H and O–H groups in total. The second-order valence-corrected chi connectivity index (χ2v) is 9.43. The number of rotatable bonds is 9. The van der Waals surface area contributed by atoms with E-state index in [2.05, 4.69) is 34.0 Å². The van der Waals surface area contributed by atoms with Crippen LogP contribution in [0.3, 0.4) is 0 Å². The fourth-order valence-electron chi connectivity index (χ4n) is 4.01. The predicted molar refractivity (Wildman–Crippen MR) is 130 cm³/mol. The Hall–Kier alpha value is -3.10. The standard InChI is InChI=1S/C25H28N4O3S/c1-17-14-18(2)29(16-17)12-13-32-21-8-6-20(7-9-21)27-25-26-11-10-23(28-25)33-22-5-3-4-19(15-22)24(30)31/h3-11,15,17-18H,12-14,16H2,1-2H3,(H,30,31)(H,26,27,28). The van der Waals surface area contributed by atoms with Gasteiger partial charge in [-0.3, -0.25) is 4.90 Å². The van der Waals surface area contributed by atoms with Crippen molar-refractivity contribution < 1.29 is 14.6 Å². The first kappa shape index (κ1) is 23.1. The molecule has 3 aromatic rings. The molecule has 1 aliphatic heterocycles. The van der Waals surface area contributed by atoms with Crippen LogP contribution in [-0.4, -0.2) is 51.7 Å². The van der Waals surface area contributed by atoms with Crippen molar-refractivity contribution in [3.63, 3.8) is 0 Å². The van der Waals surface area contributed by atoms with Crippen LogP contribution < -0.4 is 10.1 Å². The molecular weight excluding hydrogens is 436 g/mol. The van der Waals surface area contributed by atoms with Gasteiger partial charge >= 0.3 is 5.97 Å². The molecule has 1 saturated heterocycles. The van der Waals surface area contributed by atoms with Crippen molar-refractivity contribution in [2.24, 2.45) is 5.92 Å². The predicted octanol–water partition coefficient (Wildman–Crippen LogP) is 5.18. The first-order valence-electron chi connectivity index (χ1n) is 11.0. The number of likely N-dealkylation sites (tertiary alicyclic amines) is 1. The summed E-state index contributed by atoms with van der Waals surface area (Å²) in [6, 6.07) is 17.0. The van der Waals surface area contributed by atoms with E-state index in [1.807, 2.05) is 30.3 Å². The molecule has 8 heteroatoms. The monoisotopic (exact) mass is 464 g/mol. The molecular formula is C25H28N4O3S. The lowest BCUT2D eigenvalue weighted by molar-refractivity contribution is 0.0696. The van der Waals surface area contributed by atoms with E-state index in [4.69, 9.17) is 9.84 Å². The van der Waals surface area contributed by atoms with Gasteiger partial charge in [-0.15, -0.1) is 0 Å². The number of carboxylic acids is 1. The SMILES string of the molecule is CC1CC(C)N(CCOc2ccc(Nc3nccc(Sc4cccc(C(=O)O)c4)n3)cc2)C1. The molecule has 0 radical (unpaired) electrons. The highest BCUT2D eigenvalue weighted by atomic mass is 32.2. The van der Waals surface area contributed by atoms with Crippen LogP contribution in [0.25, 0.3) is 0 Å². The van der Waals surface area contributed by atoms with Crippen LogP contribution in [0.4, 0.5) is 11.6 Å². The van der Waals surface area contributed by atoms with Gasteiger partial charge in [0.1, 0.15) is 17.4 Å².